The summed E-state index contributed by atoms with van der Waals surface area (Å²) in [6.45, 7) is 5.65. The van der Waals surface area contributed by atoms with Gasteiger partial charge in [0.05, 0.1) is 30.3 Å². The molecule has 146 valence electrons. The maximum Gasteiger partial charge on any atom is 0.244 e. The van der Waals surface area contributed by atoms with Crippen molar-refractivity contribution in [3.63, 3.8) is 0 Å². The predicted octanol–water partition coefficient (Wildman–Crippen LogP) is 2.37. The lowest BCUT2D eigenvalue weighted by atomic mass is 9.98. The highest BCUT2D eigenvalue weighted by atomic mass is 16.2. The lowest BCUT2D eigenvalue weighted by molar-refractivity contribution is -0.119. The van der Waals surface area contributed by atoms with E-state index < -0.39 is 0 Å². The Morgan fingerprint density at radius 2 is 2.18 bits per heavy atom. The fourth-order valence-corrected chi connectivity index (χ4v) is 3.94. The maximum atomic E-state index is 13.0. The molecule has 3 aromatic rings. The SMILES string of the molecule is Cc1ccc(C(Cn2ccnc2)NC2CCN(c3cnn(C)c3)C2=O)c(C)c1. The van der Waals surface area contributed by atoms with Crippen molar-refractivity contribution in [2.24, 2.45) is 7.05 Å². The van der Waals surface area contributed by atoms with Crippen LogP contribution in [0.5, 0.6) is 0 Å². The Balaban J connectivity index is 1.56. The fraction of sp³-hybridized carbons (Fsp3) is 0.381. The lowest BCUT2D eigenvalue weighted by Crippen LogP contribution is -2.41. The Bertz CT molecular complexity index is 961. The van der Waals surface area contributed by atoms with Crippen LogP contribution in [0.3, 0.4) is 0 Å². The van der Waals surface area contributed by atoms with Crippen molar-refractivity contribution in [2.45, 2.75) is 38.9 Å². The highest BCUT2D eigenvalue weighted by Gasteiger charge is 2.35. The van der Waals surface area contributed by atoms with Crippen molar-refractivity contribution in [3.8, 4) is 0 Å². The van der Waals surface area contributed by atoms with Crippen LogP contribution in [0.25, 0.3) is 0 Å². The molecule has 1 aliphatic heterocycles. The van der Waals surface area contributed by atoms with Crippen LogP contribution >= 0.6 is 0 Å². The van der Waals surface area contributed by atoms with Crippen molar-refractivity contribution in [3.05, 3.63) is 66.0 Å². The number of hydrogen-bond acceptors (Lipinski definition) is 4. The van der Waals surface area contributed by atoms with Gasteiger partial charge in [0, 0.05) is 38.7 Å². The van der Waals surface area contributed by atoms with Crippen molar-refractivity contribution in [1.82, 2.24) is 24.6 Å². The minimum atomic E-state index is -0.213. The molecule has 3 heterocycles. The molecule has 28 heavy (non-hydrogen) atoms. The molecule has 1 aromatic carbocycles. The van der Waals surface area contributed by atoms with Gasteiger partial charge in [-0.05, 0) is 31.4 Å². The van der Waals surface area contributed by atoms with Gasteiger partial charge in [-0.2, -0.15) is 5.10 Å². The van der Waals surface area contributed by atoms with E-state index in [1.54, 1.807) is 17.1 Å². The smallest absolute Gasteiger partial charge is 0.244 e. The van der Waals surface area contributed by atoms with Gasteiger partial charge < -0.3 is 9.47 Å². The summed E-state index contributed by atoms with van der Waals surface area (Å²) in [6, 6.07) is 6.30. The number of carbonyl (C=O) groups excluding carboxylic acids is 1. The van der Waals surface area contributed by atoms with E-state index in [9.17, 15) is 4.79 Å². The van der Waals surface area contributed by atoms with Crippen molar-refractivity contribution >= 4 is 11.6 Å². The molecule has 0 radical (unpaired) electrons. The Hall–Kier alpha value is -2.93. The van der Waals surface area contributed by atoms with Gasteiger partial charge in [0.1, 0.15) is 0 Å². The summed E-state index contributed by atoms with van der Waals surface area (Å²) in [5.41, 5.74) is 4.54. The number of nitrogens with one attached hydrogen (secondary N) is 1. The Morgan fingerprint density at radius 1 is 1.32 bits per heavy atom. The number of hydrogen-bond donors (Lipinski definition) is 1. The summed E-state index contributed by atoms with van der Waals surface area (Å²) >= 11 is 0. The number of amides is 1. The topological polar surface area (TPSA) is 68.0 Å². The maximum absolute atomic E-state index is 13.0. The Morgan fingerprint density at radius 3 is 2.86 bits per heavy atom. The minimum Gasteiger partial charge on any atom is -0.336 e. The molecule has 2 aromatic heterocycles. The fourth-order valence-electron chi connectivity index (χ4n) is 3.94. The largest absolute Gasteiger partial charge is 0.336 e. The molecular formula is C21H26N6O. The molecular weight excluding hydrogens is 352 g/mol. The first-order chi connectivity index (χ1) is 13.5. The summed E-state index contributed by atoms with van der Waals surface area (Å²) in [6.07, 6.45) is 9.96. The van der Waals surface area contributed by atoms with Gasteiger partial charge in [-0.15, -0.1) is 0 Å². The first-order valence-electron chi connectivity index (χ1n) is 9.60. The average molecular weight is 378 g/mol. The molecule has 2 unspecified atom stereocenters. The number of anilines is 1. The van der Waals surface area contributed by atoms with Gasteiger partial charge in [0.15, 0.2) is 0 Å². The van der Waals surface area contributed by atoms with Crippen LogP contribution < -0.4 is 10.2 Å². The molecule has 4 rings (SSSR count). The van der Waals surface area contributed by atoms with Gasteiger partial charge in [-0.25, -0.2) is 4.98 Å². The van der Waals surface area contributed by atoms with Crippen molar-refractivity contribution in [1.29, 1.82) is 0 Å². The number of rotatable bonds is 6. The molecule has 0 aliphatic carbocycles. The van der Waals surface area contributed by atoms with E-state index in [4.69, 9.17) is 0 Å². The molecule has 1 saturated heterocycles. The second kappa shape index (κ2) is 7.59. The van der Waals surface area contributed by atoms with E-state index in [2.05, 4.69) is 52.0 Å². The van der Waals surface area contributed by atoms with Crippen molar-refractivity contribution in [2.75, 3.05) is 11.4 Å². The van der Waals surface area contributed by atoms with Crippen LogP contribution in [0, 0.1) is 13.8 Å². The number of carbonyl (C=O) groups is 1. The first kappa shape index (κ1) is 18.4. The molecule has 7 nitrogen and oxygen atoms in total. The molecule has 0 bridgehead atoms. The Labute approximate surface area is 165 Å². The van der Waals surface area contributed by atoms with Crippen LogP contribution in [0.15, 0.2) is 49.3 Å². The van der Waals surface area contributed by atoms with Gasteiger partial charge in [-0.3, -0.25) is 14.8 Å². The summed E-state index contributed by atoms with van der Waals surface area (Å²) in [5, 5.41) is 7.81. The molecule has 1 aliphatic rings. The molecule has 1 fully saturated rings. The minimum absolute atomic E-state index is 0.0256. The number of nitrogens with zero attached hydrogens (tertiary/aromatic N) is 5. The Kier molecular flexibility index (Phi) is 5.00. The number of benzene rings is 1. The third-order valence-corrected chi connectivity index (χ3v) is 5.36. The zero-order valence-electron chi connectivity index (χ0n) is 16.5. The monoisotopic (exact) mass is 378 g/mol. The molecule has 0 saturated carbocycles. The zero-order chi connectivity index (χ0) is 19.7. The van der Waals surface area contributed by atoms with E-state index in [0.717, 1.165) is 18.7 Å². The summed E-state index contributed by atoms with van der Waals surface area (Å²) in [4.78, 5) is 19.0. The van der Waals surface area contributed by atoms with E-state index in [1.165, 1.54) is 16.7 Å². The molecule has 0 spiro atoms. The quantitative estimate of drug-likeness (QED) is 0.715. The molecule has 7 heteroatoms. The summed E-state index contributed by atoms with van der Waals surface area (Å²) in [5.74, 6) is 0.105. The zero-order valence-corrected chi connectivity index (χ0v) is 16.5. The van der Waals surface area contributed by atoms with Gasteiger partial charge in [-0.1, -0.05) is 23.8 Å². The average Bonchev–Trinajstić information content (AvgIpc) is 3.38. The second-order valence-corrected chi connectivity index (χ2v) is 7.54. The third kappa shape index (κ3) is 3.71. The van der Waals surface area contributed by atoms with Gasteiger partial charge >= 0.3 is 0 Å². The number of imidazole rings is 1. The van der Waals surface area contributed by atoms with Gasteiger partial charge in [0.2, 0.25) is 5.91 Å². The predicted molar refractivity (Wildman–Crippen MR) is 108 cm³/mol. The molecule has 2 atom stereocenters. The summed E-state index contributed by atoms with van der Waals surface area (Å²) in [7, 11) is 1.86. The first-order valence-corrected chi connectivity index (χ1v) is 9.60. The lowest BCUT2D eigenvalue weighted by Gasteiger charge is -2.25. The van der Waals surface area contributed by atoms with E-state index in [0.29, 0.717) is 6.54 Å². The third-order valence-electron chi connectivity index (χ3n) is 5.36. The van der Waals surface area contributed by atoms with Crippen molar-refractivity contribution < 1.29 is 4.79 Å². The second-order valence-electron chi connectivity index (χ2n) is 7.54. The molecule has 1 amide bonds. The molecule has 1 N–H and O–H groups in total. The van der Waals surface area contributed by atoms with E-state index in [-0.39, 0.29) is 18.0 Å². The summed E-state index contributed by atoms with van der Waals surface area (Å²) < 4.78 is 3.77. The van der Waals surface area contributed by atoms with Gasteiger partial charge in [0.25, 0.3) is 0 Å². The highest BCUT2D eigenvalue weighted by Crippen LogP contribution is 2.26. The van der Waals surface area contributed by atoms with Crippen LogP contribution in [-0.4, -0.2) is 37.8 Å². The number of aryl methyl sites for hydroxylation is 3. The van der Waals surface area contributed by atoms with E-state index in [1.807, 2.05) is 30.7 Å². The normalized spacial score (nSPS) is 18.0. The van der Waals surface area contributed by atoms with Crippen LogP contribution in [0.4, 0.5) is 5.69 Å². The van der Waals surface area contributed by atoms with E-state index >= 15 is 0 Å². The highest BCUT2D eigenvalue weighted by molar-refractivity contribution is 5.99. The standard InChI is InChI=1S/C21H26N6O/c1-15-4-5-18(16(2)10-15)20(13-26-9-7-22-14-26)24-19-6-8-27(21(19)28)17-11-23-25(3)12-17/h4-5,7,9-12,14,19-20,24H,6,8,13H2,1-3H3. The van der Waals surface area contributed by atoms with Crippen LogP contribution in [-0.2, 0) is 18.4 Å². The number of aromatic nitrogens is 4. The van der Waals surface area contributed by atoms with Crippen LogP contribution in [0.2, 0.25) is 0 Å². The van der Waals surface area contributed by atoms with Crippen LogP contribution in [0.1, 0.15) is 29.2 Å².